The molecular formula is C16H13N2O. The van der Waals surface area contributed by atoms with Crippen LogP contribution in [0.25, 0.3) is 11.3 Å². The van der Waals surface area contributed by atoms with Crippen LogP contribution in [-0.4, -0.2) is 9.78 Å². The highest BCUT2D eigenvalue weighted by molar-refractivity contribution is 5.59. The van der Waals surface area contributed by atoms with E-state index < -0.39 is 0 Å². The molecule has 0 bridgehead atoms. The second kappa shape index (κ2) is 4.98. The molecule has 0 aliphatic heterocycles. The Morgan fingerprint density at radius 2 is 1.53 bits per heavy atom. The van der Waals surface area contributed by atoms with Crippen LogP contribution in [0, 0.1) is 0 Å². The van der Waals surface area contributed by atoms with Crippen molar-refractivity contribution in [3.05, 3.63) is 72.3 Å². The summed E-state index contributed by atoms with van der Waals surface area (Å²) in [4.78, 5) is 0. The highest BCUT2D eigenvalue weighted by Crippen LogP contribution is 2.23. The number of aromatic nitrogens is 2. The van der Waals surface area contributed by atoms with E-state index in [0.29, 0.717) is 6.54 Å². The Bertz CT molecular complexity index is 660. The minimum atomic E-state index is -0.0669. The molecule has 3 nitrogen and oxygen atoms in total. The summed E-state index contributed by atoms with van der Waals surface area (Å²) in [5, 5.41) is 16.3. The van der Waals surface area contributed by atoms with E-state index >= 15 is 0 Å². The largest absolute Gasteiger partial charge is 0.269 e. The summed E-state index contributed by atoms with van der Waals surface area (Å²) in [5.41, 5.74) is 2.76. The average Bonchev–Trinajstić information content (AvgIpc) is 2.82. The van der Waals surface area contributed by atoms with Crippen molar-refractivity contribution in [2.24, 2.45) is 0 Å². The summed E-state index contributed by atoms with van der Waals surface area (Å²) in [6.07, 6.45) is 0. The lowest BCUT2D eigenvalue weighted by Crippen LogP contribution is -2.00. The molecule has 19 heavy (non-hydrogen) atoms. The monoisotopic (exact) mass is 249 g/mol. The standard InChI is InChI=1S/C16H13N2O/c19-16-11-15(14-9-5-2-6-10-14)17-18(16)12-13-7-3-1-4-8-13/h1-11H,12H2. The molecule has 0 fully saturated rings. The van der Waals surface area contributed by atoms with Crippen molar-refractivity contribution >= 4 is 0 Å². The van der Waals surface area contributed by atoms with Gasteiger partial charge in [0.05, 0.1) is 12.2 Å². The molecule has 0 spiro atoms. The van der Waals surface area contributed by atoms with Gasteiger partial charge in [-0.15, -0.1) is 0 Å². The predicted molar refractivity (Wildman–Crippen MR) is 73.3 cm³/mol. The second-order valence-electron chi connectivity index (χ2n) is 4.38. The highest BCUT2D eigenvalue weighted by atomic mass is 16.3. The first-order valence-electron chi connectivity index (χ1n) is 6.17. The number of hydrogen-bond donors (Lipinski definition) is 0. The summed E-state index contributed by atoms with van der Waals surface area (Å²) < 4.78 is 1.50. The van der Waals surface area contributed by atoms with Gasteiger partial charge in [-0.2, -0.15) is 5.10 Å². The van der Waals surface area contributed by atoms with Crippen molar-refractivity contribution in [1.29, 1.82) is 0 Å². The third kappa shape index (κ3) is 2.50. The van der Waals surface area contributed by atoms with Crippen LogP contribution in [-0.2, 0) is 11.7 Å². The van der Waals surface area contributed by atoms with Crippen LogP contribution in [0.5, 0.6) is 5.88 Å². The zero-order valence-electron chi connectivity index (χ0n) is 10.4. The normalized spacial score (nSPS) is 10.5. The van der Waals surface area contributed by atoms with Gasteiger partial charge in [0.2, 0.25) is 0 Å². The molecule has 3 rings (SSSR count). The third-order valence-electron chi connectivity index (χ3n) is 2.99. The van der Waals surface area contributed by atoms with Gasteiger partial charge >= 0.3 is 0 Å². The van der Waals surface area contributed by atoms with Crippen LogP contribution >= 0.6 is 0 Å². The smallest absolute Gasteiger partial charge is 0.268 e. The van der Waals surface area contributed by atoms with Crippen LogP contribution in [0.1, 0.15) is 5.56 Å². The van der Waals surface area contributed by atoms with E-state index in [1.165, 1.54) is 4.68 Å². The Kier molecular flexibility index (Phi) is 3.02. The van der Waals surface area contributed by atoms with Crippen molar-refractivity contribution in [3.63, 3.8) is 0 Å². The van der Waals surface area contributed by atoms with Gasteiger partial charge in [-0.1, -0.05) is 60.7 Å². The van der Waals surface area contributed by atoms with Gasteiger partial charge in [-0.05, 0) is 5.56 Å². The maximum atomic E-state index is 11.9. The molecule has 1 radical (unpaired) electrons. The quantitative estimate of drug-likeness (QED) is 0.696. The molecule has 1 aromatic heterocycles. The zero-order valence-corrected chi connectivity index (χ0v) is 10.4. The molecule has 0 N–H and O–H groups in total. The lowest BCUT2D eigenvalue weighted by molar-refractivity contribution is 0.309. The SMILES string of the molecule is [O]c1cc(-c2ccccc2)nn1Cc1ccccc1. The summed E-state index contributed by atoms with van der Waals surface area (Å²) >= 11 is 0. The Morgan fingerprint density at radius 3 is 2.21 bits per heavy atom. The number of hydrogen-bond acceptors (Lipinski definition) is 1. The average molecular weight is 249 g/mol. The van der Waals surface area contributed by atoms with Crippen LogP contribution in [0.4, 0.5) is 0 Å². The fourth-order valence-electron chi connectivity index (χ4n) is 2.02. The maximum Gasteiger partial charge on any atom is 0.269 e. The molecule has 0 saturated heterocycles. The van der Waals surface area contributed by atoms with Gasteiger partial charge in [0, 0.05) is 11.6 Å². The van der Waals surface area contributed by atoms with Crippen molar-refractivity contribution in [1.82, 2.24) is 9.78 Å². The van der Waals surface area contributed by atoms with E-state index in [1.54, 1.807) is 6.07 Å². The molecule has 3 aromatic rings. The topological polar surface area (TPSA) is 37.7 Å². The van der Waals surface area contributed by atoms with Crippen LogP contribution in [0.2, 0.25) is 0 Å². The Morgan fingerprint density at radius 1 is 0.895 bits per heavy atom. The van der Waals surface area contributed by atoms with E-state index in [-0.39, 0.29) is 5.88 Å². The van der Waals surface area contributed by atoms with Gasteiger partial charge in [0.1, 0.15) is 0 Å². The molecule has 0 atom stereocenters. The van der Waals surface area contributed by atoms with E-state index in [1.807, 2.05) is 60.7 Å². The van der Waals surface area contributed by atoms with Crippen LogP contribution in [0.15, 0.2) is 66.7 Å². The van der Waals surface area contributed by atoms with Crippen molar-refractivity contribution in [3.8, 4) is 17.1 Å². The van der Waals surface area contributed by atoms with Crippen LogP contribution < -0.4 is 0 Å². The number of nitrogens with zero attached hydrogens (tertiary/aromatic N) is 2. The molecule has 0 amide bonds. The summed E-state index contributed by atoms with van der Waals surface area (Å²) in [5.74, 6) is -0.0669. The Hall–Kier alpha value is -2.55. The van der Waals surface area contributed by atoms with E-state index in [4.69, 9.17) is 0 Å². The van der Waals surface area contributed by atoms with Gasteiger partial charge in [0.25, 0.3) is 5.88 Å². The van der Waals surface area contributed by atoms with E-state index in [2.05, 4.69) is 5.10 Å². The van der Waals surface area contributed by atoms with Crippen LogP contribution in [0.3, 0.4) is 0 Å². The summed E-state index contributed by atoms with van der Waals surface area (Å²) in [7, 11) is 0. The number of benzene rings is 2. The lowest BCUT2D eigenvalue weighted by atomic mass is 10.2. The Labute approximate surface area is 111 Å². The Balaban J connectivity index is 1.90. The van der Waals surface area contributed by atoms with Crippen molar-refractivity contribution in [2.45, 2.75) is 6.54 Å². The molecule has 93 valence electrons. The summed E-state index contributed by atoms with van der Waals surface area (Å²) in [6, 6.07) is 21.2. The molecule has 1 heterocycles. The molecule has 3 heteroatoms. The highest BCUT2D eigenvalue weighted by Gasteiger charge is 2.09. The molecule has 0 aliphatic carbocycles. The third-order valence-corrected chi connectivity index (χ3v) is 2.99. The lowest BCUT2D eigenvalue weighted by Gasteiger charge is -2.01. The van der Waals surface area contributed by atoms with E-state index in [9.17, 15) is 5.11 Å². The zero-order chi connectivity index (χ0) is 13.1. The molecule has 0 saturated carbocycles. The first kappa shape index (κ1) is 11.5. The van der Waals surface area contributed by atoms with Crippen molar-refractivity contribution in [2.75, 3.05) is 0 Å². The second-order valence-corrected chi connectivity index (χ2v) is 4.38. The van der Waals surface area contributed by atoms with Gasteiger partial charge < -0.3 is 0 Å². The maximum absolute atomic E-state index is 11.9. The summed E-state index contributed by atoms with van der Waals surface area (Å²) in [6.45, 7) is 0.506. The first-order chi connectivity index (χ1) is 9.33. The molecule has 0 aliphatic rings. The minimum absolute atomic E-state index is 0.0669. The fraction of sp³-hybridized carbons (Fsp3) is 0.0625. The first-order valence-corrected chi connectivity index (χ1v) is 6.17. The van der Waals surface area contributed by atoms with E-state index in [0.717, 1.165) is 16.8 Å². The van der Waals surface area contributed by atoms with Gasteiger partial charge in [-0.25, -0.2) is 4.68 Å². The molecule has 0 unspecified atom stereocenters. The van der Waals surface area contributed by atoms with Gasteiger partial charge in [0.15, 0.2) is 0 Å². The fourth-order valence-corrected chi connectivity index (χ4v) is 2.02. The number of rotatable bonds is 3. The predicted octanol–water partition coefficient (Wildman–Crippen LogP) is 3.74. The molecule has 2 aromatic carbocycles. The molecular weight excluding hydrogens is 236 g/mol. The van der Waals surface area contributed by atoms with Gasteiger partial charge in [-0.3, -0.25) is 5.11 Å². The van der Waals surface area contributed by atoms with Crippen molar-refractivity contribution < 1.29 is 5.11 Å². The minimum Gasteiger partial charge on any atom is -0.268 e.